The molecule has 110 valence electrons. The number of aromatic nitrogens is 4. The zero-order valence-corrected chi connectivity index (χ0v) is 12.1. The highest BCUT2D eigenvalue weighted by Gasteiger charge is 2.44. The first-order valence-corrected chi connectivity index (χ1v) is 7.55. The fourth-order valence-corrected chi connectivity index (χ4v) is 3.04. The standard InChI is InChI=1S/C15H19N5O/c1-19-9-10(8-17-19)12-7-13(12)15(21)18-14-5-6-16-20(14)11-3-2-4-11/h5-6,8-9,11-13H,2-4,7H2,1H3,(H,18,21)/t12-,13+/m0/s1. The van der Waals surface area contributed by atoms with Crippen molar-refractivity contribution in [3.8, 4) is 0 Å². The van der Waals surface area contributed by atoms with E-state index < -0.39 is 0 Å². The summed E-state index contributed by atoms with van der Waals surface area (Å²) < 4.78 is 3.75. The first-order valence-electron chi connectivity index (χ1n) is 7.55. The summed E-state index contributed by atoms with van der Waals surface area (Å²) in [6, 6.07) is 2.35. The molecule has 0 saturated heterocycles. The molecule has 2 fully saturated rings. The maximum Gasteiger partial charge on any atom is 0.229 e. The molecule has 0 bridgehead atoms. The highest BCUT2D eigenvalue weighted by atomic mass is 16.2. The van der Waals surface area contributed by atoms with E-state index in [1.165, 1.54) is 6.42 Å². The third-order valence-electron chi connectivity index (χ3n) is 4.62. The van der Waals surface area contributed by atoms with Gasteiger partial charge in [-0.15, -0.1) is 0 Å². The fourth-order valence-electron chi connectivity index (χ4n) is 3.04. The van der Waals surface area contributed by atoms with Gasteiger partial charge in [0.25, 0.3) is 0 Å². The topological polar surface area (TPSA) is 64.7 Å². The number of hydrogen-bond acceptors (Lipinski definition) is 3. The molecule has 6 nitrogen and oxygen atoms in total. The van der Waals surface area contributed by atoms with Crippen molar-refractivity contribution in [1.82, 2.24) is 19.6 Å². The van der Waals surface area contributed by atoms with Gasteiger partial charge in [0.2, 0.25) is 5.91 Å². The van der Waals surface area contributed by atoms with Crippen LogP contribution in [-0.2, 0) is 11.8 Å². The number of nitrogens with one attached hydrogen (secondary N) is 1. The predicted molar refractivity (Wildman–Crippen MR) is 77.8 cm³/mol. The van der Waals surface area contributed by atoms with Crippen LogP contribution in [-0.4, -0.2) is 25.5 Å². The molecule has 0 aliphatic heterocycles. The number of aryl methyl sites for hydroxylation is 1. The number of amides is 1. The monoisotopic (exact) mass is 285 g/mol. The van der Waals surface area contributed by atoms with Crippen molar-refractivity contribution < 1.29 is 4.79 Å². The average molecular weight is 285 g/mol. The molecule has 2 aromatic heterocycles. The van der Waals surface area contributed by atoms with Gasteiger partial charge in [0.15, 0.2) is 0 Å². The molecule has 2 aromatic rings. The maximum atomic E-state index is 12.4. The van der Waals surface area contributed by atoms with Gasteiger partial charge in [0.1, 0.15) is 5.82 Å². The Morgan fingerprint density at radius 2 is 2.24 bits per heavy atom. The van der Waals surface area contributed by atoms with Crippen LogP contribution in [0, 0.1) is 5.92 Å². The zero-order valence-electron chi connectivity index (χ0n) is 12.1. The van der Waals surface area contributed by atoms with Crippen LogP contribution in [0.3, 0.4) is 0 Å². The Balaban J connectivity index is 1.42. The van der Waals surface area contributed by atoms with Gasteiger partial charge in [0.05, 0.1) is 18.4 Å². The first kappa shape index (κ1) is 12.6. The van der Waals surface area contributed by atoms with Crippen LogP contribution in [0.1, 0.15) is 43.2 Å². The second-order valence-corrected chi connectivity index (χ2v) is 6.13. The van der Waals surface area contributed by atoms with Crippen molar-refractivity contribution in [2.75, 3.05) is 5.32 Å². The van der Waals surface area contributed by atoms with Crippen molar-refractivity contribution >= 4 is 11.7 Å². The van der Waals surface area contributed by atoms with Crippen molar-refractivity contribution in [2.24, 2.45) is 13.0 Å². The molecule has 0 aromatic carbocycles. The van der Waals surface area contributed by atoms with Crippen LogP contribution < -0.4 is 5.32 Å². The lowest BCUT2D eigenvalue weighted by Crippen LogP contribution is -2.23. The molecule has 0 radical (unpaired) electrons. The average Bonchev–Trinajstić information content (AvgIpc) is 2.91. The zero-order chi connectivity index (χ0) is 14.4. The van der Waals surface area contributed by atoms with Crippen LogP contribution in [0.4, 0.5) is 5.82 Å². The SMILES string of the molecule is Cn1cc([C@@H]2C[C@H]2C(=O)Nc2ccnn2C2CCC2)cn1. The summed E-state index contributed by atoms with van der Waals surface area (Å²) >= 11 is 0. The molecular formula is C15H19N5O. The highest BCUT2D eigenvalue weighted by molar-refractivity contribution is 5.94. The summed E-state index contributed by atoms with van der Waals surface area (Å²) in [7, 11) is 1.90. The minimum Gasteiger partial charge on any atom is -0.311 e. The minimum atomic E-state index is 0.0685. The van der Waals surface area contributed by atoms with E-state index in [0.29, 0.717) is 12.0 Å². The van der Waals surface area contributed by atoms with Gasteiger partial charge in [0, 0.05) is 25.2 Å². The fraction of sp³-hybridized carbons (Fsp3) is 0.533. The van der Waals surface area contributed by atoms with Crippen molar-refractivity contribution in [3.63, 3.8) is 0 Å². The smallest absolute Gasteiger partial charge is 0.229 e. The highest BCUT2D eigenvalue weighted by Crippen LogP contribution is 2.48. The molecule has 1 N–H and O–H groups in total. The molecule has 2 saturated carbocycles. The summed E-state index contributed by atoms with van der Waals surface area (Å²) in [5.41, 5.74) is 1.16. The Labute approximate surface area is 123 Å². The second-order valence-electron chi connectivity index (χ2n) is 6.13. The third kappa shape index (κ3) is 2.24. The van der Waals surface area contributed by atoms with E-state index in [-0.39, 0.29) is 11.8 Å². The van der Waals surface area contributed by atoms with E-state index in [2.05, 4.69) is 15.5 Å². The lowest BCUT2D eigenvalue weighted by Gasteiger charge is -2.27. The second kappa shape index (κ2) is 4.72. The summed E-state index contributed by atoms with van der Waals surface area (Å²) in [5.74, 6) is 1.32. The Morgan fingerprint density at radius 1 is 1.38 bits per heavy atom. The molecular weight excluding hydrogens is 266 g/mol. The summed E-state index contributed by atoms with van der Waals surface area (Å²) in [5, 5.41) is 11.6. The molecule has 6 heteroatoms. The largest absolute Gasteiger partial charge is 0.311 e. The lowest BCUT2D eigenvalue weighted by molar-refractivity contribution is -0.117. The van der Waals surface area contributed by atoms with E-state index in [4.69, 9.17) is 0 Å². The molecule has 1 amide bonds. The van der Waals surface area contributed by atoms with Crippen molar-refractivity contribution in [1.29, 1.82) is 0 Å². The van der Waals surface area contributed by atoms with Gasteiger partial charge in [-0.05, 0) is 37.2 Å². The molecule has 0 spiro atoms. The Hall–Kier alpha value is -2.11. The Kier molecular flexibility index (Phi) is 2.83. The number of nitrogens with zero attached hydrogens (tertiary/aromatic N) is 4. The quantitative estimate of drug-likeness (QED) is 0.935. The molecule has 2 heterocycles. The molecule has 4 rings (SSSR count). The van der Waals surface area contributed by atoms with Gasteiger partial charge in [-0.3, -0.25) is 9.48 Å². The van der Waals surface area contributed by atoms with E-state index in [9.17, 15) is 4.79 Å². The normalized spacial score (nSPS) is 24.6. The third-order valence-corrected chi connectivity index (χ3v) is 4.62. The summed E-state index contributed by atoms with van der Waals surface area (Å²) in [6.07, 6.45) is 10.1. The van der Waals surface area contributed by atoms with Crippen molar-refractivity contribution in [3.05, 3.63) is 30.2 Å². The molecule has 2 aliphatic rings. The number of anilines is 1. The predicted octanol–water partition coefficient (Wildman–Crippen LogP) is 2.08. The maximum absolute atomic E-state index is 12.4. The van der Waals surface area contributed by atoms with Gasteiger partial charge in [-0.1, -0.05) is 0 Å². The Bertz CT molecular complexity index is 669. The molecule has 21 heavy (non-hydrogen) atoms. The van der Waals surface area contributed by atoms with Crippen LogP contribution >= 0.6 is 0 Å². The summed E-state index contributed by atoms with van der Waals surface area (Å²) in [4.78, 5) is 12.4. The van der Waals surface area contributed by atoms with E-state index in [1.807, 2.05) is 30.2 Å². The Morgan fingerprint density at radius 3 is 2.90 bits per heavy atom. The minimum absolute atomic E-state index is 0.0685. The summed E-state index contributed by atoms with van der Waals surface area (Å²) in [6.45, 7) is 0. The van der Waals surface area contributed by atoms with Crippen LogP contribution in [0.2, 0.25) is 0 Å². The van der Waals surface area contributed by atoms with E-state index >= 15 is 0 Å². The molecule has 2 atom stereocenters. The number of rotatable bonds is 4. The first-order chi connectivity index (χ1) is 10.2. The van der Waals surface area contributed by atoms with Gasteiger partial charge in [-0.25, -0.2) is 4.68 Å². The van der Waals surface area contributed by atoms with Gasteiger partial charge >= 0.3 is 0 Å². The number of carbonyl (C=O) groups excluding carboxylic acids is 1. The molecule has 2 aliphatic carbocycles. The number of carbonyl (C=O) groups is 1. The van der Waals surface area contributed by atoms with Crippen LogP contribution in [0.25, 0.3) is 0 Å². The van der Waals surface area contributed by atoms with Crippen LogP contribution in [0.5, 0.6) is 0 Å². The molecule has 0 unspecified atom stereocenters. The number of hydrogen-bond donors (Lipinski definition) is 1. The van der Waals surface area contributed by atoms with E-state index in [1.54, 1.807) is 10.9 Å². The van der Waals surface area contributed by atoms with Crippen LogP contribution in [0.15, 0.2) is 24.7 Å². The van der Waals surface area contributed by atoms with Crippen molar-refractivity contribution in [2.45, 2.75) is 37.6 Å². The van der Waals surface area contributed by atoms with E-state index in [0.717, 1.165) is 30.6 Å². The van der Waals surface area contributed by atoms with Gasteiger partial charge in [-0.2, -0.15) is 10.2 Å². The van der Waals surface area contributed by atoms with Gasteiger partial charge < -0.3 is 5.32 Å². The lowest BCUT2D eigenvalue weighted by atomic mass is 9.93.